The van der Waals surface area contributed by atoms with Crippen LogP contribution in [0.3, 0.4) is 0 Å². The van der Waals surface area contributed by atoms with E-state index < -0.39 is 23.9 Å². The van der Waals surface area contributed by atoms with Crippen molar-refractivity contribution in [2.24, 2.45) is 0 Å². The molecule has 0 saturated heterocycles. The fraction of sp³-hybridized carbons (Fsp3) is 0.219. The molecule has 5 heteroatoms. The predicted octanol–water partition coefficient (Wildman–Crippen LogP) is 5.53. The lowest BCUT2D eigenvalue weighted by Gasteiger charge is -2.19. The Kier molecular flexibility index (Phi) is 6.33. The fourth-order valence-electron chi connectivity index (χ4n) is 5.42. The van der Waals surface area contributed by atoms with E-state index >= 15 is 0 Å². The molecule has 1 saturated carbocycles. The van der Waals surface area contributed by atoms with Gasteiger partial charge in [0.15, 0.2) is 0 Å². The van der Waals surface area contributed by atoms with E-state index in [2.05, 4.69) is 47.0 Å². The second kappa shape index (κ2) is 9.92. The van der Waals surface area contributed by atoms with Crippen LogP contribution in [0.25, 0.3) is 11.1 Å². The van der Waals surface area contributed by atoms with Crippen LogP contribution in [0.1, 0.15) is 51.0 Å². The van der Waals surface area contributed by atoms with Crippen LogP contribution >= 0.6 is 0 Å². The van der Waals surface area contributed by atoms with Crippen LogP contribution in [0.4, 0.5) is 4.39 Å². The number of rotatable bonds is 7. The molecule has 4 aromatic rings. The van der Waals surface area contributed by atoms with Crippen LogP contribution in [0, 0.1) is 5.82 Å². The number of halogens is 1. The lowest BCUT2D eigenvalue weighted by atomic mass is 10.0. The summed E-state index contributed by atoms with van der Waals surface area (Å²) in [6.45, 7) is 0.716. The maximum Gasteiger partial charge on any atom is 0.254 e. The van der Waals surface area contributed by atoms with Gasteiger partial charge in [0.25, 0.3) is 5.91 Å². The minimum absolute atomic E-state index is 0.0289. The second-order valence-corrected chi connectivity index (χ2v) is 10.1. The molecule has 4 atom stereocenters. The van der Waals surface area contributed by atoms with Crippen molar-refractivity contribution in [3.8, 4) is 11.1 Å². The zero-order valence-corrected chi connectivity index (χ0v) is 20.4. The number of amides is 1. The van der Waals surface area contributed by atoms with Crippen molar-refractivity contribution < 1.29 is 14.3 Å². The highest BCUT2D eigenvalue weighted by Gasteiger charge is 2.38. The molecule has 4 aromatic carbocycles. The summed E-state index contributed by atoms with van der Waals surface area (Å²) >= 11 is 0. The van der Waals surface area contributed by atoms with Gasteiger partial charge in [0, 0.05) is 24.9 Å². The number of aliphatic hydroxyl groups is 1. The molecular formula is C32H29FN2O2. The minimum atomic E-state index is -0.750. The average Bonchev–Trinajstić information content (AvgIpc) is 3.65. The molecule has 37 heavy (non-hydrogen) atoms. The summed E-state index contributed by atoms with van der Waals surface area (Å²) in [5.41, 5.74) is 5.94. The highest BCUT2D eigenvalue weighted by Crippen LogP contribution is 2.41. The van der Waals surface area contributed by atoms with Crippen molar-refractivity contribution in [3.05, 3.63) is 131 Å². The lowest BCUT2D eigenvalue weighted by molar-refractivity contribution is 0.0854. The molecule has 0 heterocycles. The zero-order valence-electron chi connectivity index (χ0n) is 20.4. The minimum Gasteiger partial charge on any atom is -0.390 e. The van der Waals surface area contributed by atoms with Crippen molar-refractivity contribution in [2.75, 3.05) is 0 Å². The van der Waals surface area contributed by atoms with Gasteiger partial charge in [-0.2, -0.15) is 0 Å². The first-order chi connectivity index (χ1) is 18.1. The second-order valence-electron chi connectivity index (χ2n) is 10.1. The summed E-state index contributed by atoms with van der Waals surface area (Å²) in [7, 11) is 0. The Morgan fingerprint density at radius 1 is 0.892 bits per heavy atom. The van der Waals surface area contributed by atoms with Crippen molar-refractivity contribution in [3.63, 3.8) is 0 Å². The van der Waals surface area contributed by atoms with Gasteiger partial charge in [-0.3, -0.25) is 4.79 Å². The van der Waals surface area contributed by atoms with E-state index in [4.69, 9.17) is 0 Å². The standard InChI is InChI=1S/C32H29FN2O2/c33-28-16-23(21-7-3-1-4-8-21)13-14-25(28)32(37)35-31-27-15-20(11-12-24(27)17-30(31)36)19-34-29-18-26(29)22-9-5-2-6-10-22/h1-16,26,29-31,34,36H,17-19H2,(H,35,37)/t26?,29?,30-,31-/m1/s1. The predicted molar refractivity (Wildman–Crippen MR) is 143 cm³/mol. The van der Waals surface area contributed by atoms with E-state index in [0.29, 0.717) is 30.5 Å². The van der Waals surface area contributed by atoms with Gasteiger partial charge < -0.3 is 15.7 Å². The Bertz CT molecular complexity index is 1420. The Labute approximate surface area is 216 Å². The normalized spacial score (nSPS) is 21.9. The summed E-state index contributed by atoms with van der Waals surface area (Å²) in [5.74, 6) is -0.559. The number of hydrogen-bond acceptors (Lipinski definition) is 3. The first kappa shape index (κ1) is 23.6. The molecular weight excluding hydrogens is 463 g/mol. The number of nitrogens with one attached hydrogen (secondary N) is 2. The SMILES string of the molecule is O=C(N[C@@H]1c2cc(CNC3CC3c3ccccc3)ccc2C[C@H]1O)c1ccc(-c2ccccc2)cc1F. The van der Waals surface area contributed by atoms with E-state index in [1.807, 2.05) is 42.5 Å². The monoisotopic (exact) mass is 492 g/mol. The van der Waals surface area contributed by atoms with Crippen LogP contribution in [0.2, 0.25) is 0 Å². The van der Waals surface area contributed by atoms with Crippen LogP contribution in [-0.2, 0) is 13.0 Å². The van der Waals surface area contributed by atoms with Crippen LogP contribution in [0.5, 0.6) is 0 Å². The average molecular weight is 493 g/mol. The Morgan fingerprint density at radius 3 is 2.41 bits per heavy atom. The smallest absolute Gasteiger partial charge is 0.254 e. The number of benzene rings is 4. The number of aliphatic hydroxyl groups excluding tert-OH is 1. The first-order valence-electron chi connectivity index (χ1n) is 12.8. The molecule has 6 rings (SSSR count). The van der Waals surface area contributed by atoms with E-state index in [9.17, 15) is 14.3 Å². The molecule has 3 N–H and O–H groups in total. The van der Waals surface area contributed by atoms with Gasteiger partial charge >= 0.3 is 0 Å². The summed E-state index contributed by atoms with van der Waals surface area (Å²) < 4.78 is 14.9. The van der Waals surface area contributed by atoms with Gasteiger partial charge in [0.05, 0.1) is 17.7 Å². The molecule has 2 aliphatic rings. The van der Waals surface area contributed by atoms with Gasteiger partial charge in [0.2, 0.25) is 0 Å². The van der Waals surface area contributed by atoms with Crippen molar-refractivity contribution in [2.45, 2.75) is 43.5 Å². The van der Waals surface area contributed by atoms with E-state index in [1.165, 1.54) is 17.7 Å². The Hall–Kier alpha value is -3.80. The molecule has 2 unspecified atom stereocenters. The van der Waals surface area contributed by atoms with Gasteiger partial charge in [-0.25, -0.2) is 4.39 Å². The molecule has 0 radical (unpaired) electrons. The highest BCUT2D eigenvalue weighted by molar-refractivity contribution is 5.95. The zero-order chi connectivity index (χ0) is 25.4. The molecule has 0 aromatic heterocycles. The van der Waals surface area contributed by atoms with E-state index in [0.717, 1.165) is 28.7 Å². The van der Waals surface area contributed by atoms with Crippen molar-refractivity contribution in [1.82, 2.24) is 10.6 Å². The van der Waals surface area contributed by atoms with Gasteiger partial charge in [0.1, 0.15) is 5.82 Å². The summed E-state index contributed by atoms with van der Waals surface area (Å²) in [6.07, 6.45) is 0.836. The molecule has 1 fully saturated rings. The Morgan fingerprint density at radius 2 is 1.65 bits per heavy atom. The van der Waals surface area contributed by atoms with Crippen LogP contribution in [0.15, 0.2) is 97.1 Å². The molecule has 2 aliphatic carbocycles. The Balaban J connectivity index is 1.13. The van der Waals surface area contributed by atoms with Crippen LogP contribution < -0.4 is 10.6 Å². The third-order valence-corrected chi connectivity index (χ3v) is 7.55. The topological polar surface area (TPSA) is 61.4 Å². The summed E-state index contributed by atoms with van der Waals surface area (Å²) in [6, 6.07) is 30.7. The van der Waals surface area contributed by atoms with Gasteiger partial charge in [-0.1, -0.05) is 84.9 Å². The number of hydrogen-bond donors (Lipinski definition) is 3. The summed E-state index contributed by atoms with van der Waals surface area (Å²) in [4.78, 5) is 13.0. The maximum atomic E-state index is 14.9. The van der Waals surface area contributed by atoms with E-state index in [1.54, 1.807) is 6.07 Å². The molecule has 0 aliphatic heterocycles. The number of carbonyl (C=O) groups excluding carboxylic acids is 1. The van der Waals surface area contributed by atoms with Crippen LogP contribution in [-0.4, -0.2) is 23.2 Å². The fourth-order valence-corrected chi connectivity index (χ4v) is 5.42. The third kappa shape index (κ3) is 4.93. The highest BCUT2D eigenvalue weighted by atomic mass is 19.1. The molecule has 4 nitrogen and oxygen atoms in total. The maximum absolute atomic E-state index is 14.9. The molecule has 0 spiro atoms. The lowest BCUT2D eigenvalue weighted by Crippen LogP contribution is -2.34. The van der Waals surface area contributed by atoms with Crippen molar-refractivity contribution >= 4 is 5.91 Å². The van der Waals surface area contributed by atoms with E-state index in [-0.39, 0.29) is 5.56 Å². The van der Waals surface area contributed by atoms with Gasteiger partial charge in [-0.15, -0.1) is 0 Å². The molecule has 186 valence electrons. The van der Waals surface area contributed by atoms with Gasteiger partial charge in [-0.05, 0) is 51.9 Å². The largest absolute Gasteiger partial charge is 0.390 e. The number of fused-ring (bicyclic) bond motifs is 1. The number of carbonyl (C=O) groups is 1. The molecule has 1 amide bonds. The first-order valence-corrected chi connectivity index (χ1v) is 12.8. The van der Waals surface area contributed by atoms with Crippen molar-refractivity contribution in [1.29, 1.82) is 0 Å². The summed E-state index contributed by atoms with van der Waals surface area (Å²) in [5, 5.41) is 17.2. The molecule has 0 bridgehead atoms. The quantitative estimate of drug-likeness (QED) is 0.318. The third-order valence-electron chi connectivity index (χ3n) is 7.55.